The molecular weight excluding hydrogens is 336 g/mol. The molecule has 0 saturated carbocycles. The number of ether oxygens (including phenoxy) is 2. The van der Waals surface area contributed by atoms with Gasteiger partial charge in [-0.1, -0.05) is 65.7 Å². The van der Waals surface area contributed by atoms with E-state index in [4.69, 9.17) is 9.47 Å². The van der Waals surface area contributed by atoms with Crippen molar-refractivity contribution in [3.05, 3.63) is 94.5 Å². The Hall–Kier alpha value is -3.07. The summed E-state index contributed by atoms with van der Waals surface area (Å²) >= 11 is 0. The Morgan fingerprint density at radius 3 is 2.11 bits per heavy atom. The Kier molecular flexibility index (Phi) is 4.68. The Balaban J connectivity index is 1.68. The number of ketones is 1. The van der Waals surface area contributed by atoms with Crippen molar-refractivity contribution in [1.29, 1.82) is 0 Å². The zero-order chi connectivity index (χ0) is 18.8. The number of fused-ring (bicyclic) bond motifs is 1. The maximum absolute atomic E-state index is 13.0. The molecule has 0 N–H and O–H groups in total. The highest BCUT2D eigenvalue weighted by molar-refractivity contribution is 5.96. The van der Waals surface area contributed by atoms with Gasteiger partial charge in [-0.05, 0) is 37.1 Å². The number of rotatable bonds is 5. The third-order valence-corrected chi connectivity index (χ3v) is 5.04. The molecule has 1 heterocycles. The normalized spacial score (nSPS) is 13.4. The predicted octanol–water partition coefficient (Wildman–Crippen LogP) is 5.44. The summed E-state index contributed by atoms with van der Waals surface area (Å²) in [6.07, 6.45) is 0.408. The van der Waals surface area contributed by atoms with Gasteiger partial charge in [0.05, 0.1) is 0 Å². The second-order valence-corrected chi connectivity index (χ2v) is 7.07. The maximum atomic E-state index is 13.0. The van der Waals surface area contributed by atoms with Gasteiger partial charge in [-0.15, -0.1) is 0 Å². The van der Waals surface area contributed by atoms with Crippen molar-refractivity contribution in [2.45, 2.75) is 26.2 Å². The summed E-state index contributed by atoms with van der Waals surface area (Å²) in [6.45, 7) is 4.34. The minimum absolute atomic E-state index is 0.0334. The molecule has 136 valence electrons. The van der Waals surface area contributed by atoms with Crippen LogP contribution in [0.4, 0.5) is 0 Å². The number of hydrogen-bond acceptors (Lipinski definition) is 3. The molecular formula is C24H22O3. The van der Waals surface area contributed by atoms with E-state index >= 15 is 0 Å². The molecule has 0 aromatic heterocycles. The van der Waals surface area contributed by atoms with Crippen LogP contribution >= 0.6 is 0 Å². The lowest BCUT2D eigenvalue weighted by Crippen LogP contribution is -2.09. The lowest BCUT2D eigenvalue weighted by molar-refractivity contribution is 0.0977. The first-order chi connectivity index (χ1) is 13.1. The fourth-order valence-corrected chi connectivity index (χ4v) is 3.40. The average Bonchev–Trinajstić information content (AvgIpc) is 3.15. The van der Waals surface area contributed by atoms with Crippen LogP contribution in [0.1, 0.15) is 45.0 Å². The lowest BCUT2D eigenvalue weighted by Gasteiger charge is -2.18. The second kappa shape index (κ2) is 7.28. The predicted molar refractivity (Wildman–Crippen MR) is 106 cm³/mol. The lowest BCUT2D eigenvalue weighted by atomic mass is 9.85. The van der Waals surface area contributed by atoms with Gasteiger partial charge in [0.2, 0.25) is 6.79 Å². The van der Waals surface area contributed by atoms with Gasteiger partial charge in [-0.3, -0.25) is 4.79 Å². The number of carbonyl (C=O) groups is 1. The maximum Gasteiger partial charge on any atom is 0.231 e. The largest absolute Gasteiger partial charge is 0.454 e. The molecule has 0 fully saturated rings. The Morgan fingerprint density at radius 2 is 1.41 bits per heavy atom. The molecule has 1 atom stereocenters. The van der Waals surface area contributed by atoms with E-state index < -0.39 is 0 Å². The summed E-state index contributed by atoms with van der Waals surface area (Å²) < 4.78 is 11.0. The Morgan fingerprint density at radius 1 is 0.815 bits per heavy atom. The van der Waals surface area contributed by atoms with Crippen LogP contribution in [0, 0.1) is 13.8 Å². The van der Waals surface area contributed by atoms with Gasteiger partial charge in [0.1, 0.15) is 0 Å². The highest BCUT2D eigenvalue weighted by Gasteiger charge is 2.22. The number of benzene rings is 3. The van der Waals surface area contributed by atoms with Crippen molar-refractivity contribution in [2.75, 3.05) is 6.79 Å². The number of aryl methyl sites for hydroxylation is 2. The standard InChI is InChI=1S/C24H22O3/c1-16-3-7-18(8-4-16)21(14-22(25)19-9-5-17(2)6-10-19)20-11-12-23-24(13-20)27-15-26-23/h3-13,21H,14-15H2,1-2H3. The summed E-state index contributed by atoms with van der Waals surface area (Å²) in [5, 5.41) is 0. The van der Waals surface area contributed by atoms with Crippen molar-refractivity contribution in [1.82, 2.24) is 0 Å². The van der Waals surface area contributed by atoms with Crippen molar-refractivity contribution in [3.8, 4) is 11.5 Å². The first kappa shape index (κ1) is 17.3. The van der Waals surface area contributed by atoms with E-state index in [1.165, 1.54) is 5.56 Å². The van der Waals surface area contributed by atoms with Gasteiger partial charge < -0.3 is 9.47 Å². The molecule has 1 aliphatic rings. The van der Waals surface area contributed by atoms with E-state index in [1.807, 2.05) is 49.4 Å². The molecule has 0 bridgehead atoms. The van der Waals surface area contributed by atoms with Crippen LogP contribution in [0.3, 0.4) is 0 Å². The third kappa shape index (κ3) is 3.72. The molecule has 1 unspecified atom stereocenters. The fourth-order valence-electron chi connectivity index (χ4n) is 3.40. The van der Waals surface area contributed by atoms with Crippen LogP contribution < -0.4 is 9.47 Å². The topological polar surface area (TPSA) is 35.5 Å². The van der Waals surface area contributed by atoms with E-state index in [1.54, 1.807) is 0 Å². The van der Waals surface area contributed by atoms with Crippen LogP contribution in [0.25, 0.3) is 0 Å². The minimum atomic E-state index is -0.0334. The van der Waals surface area contributed by atoms with Crippen LogP contribution in [-0.4, -0.2) is 12.6 Å². The number of hydrogen-bond donors (Lipinski definition) is 0. The second-order valence-electron chi connectivity index (χ2n) is 7.07. The zero-order valence-corrected chi connectivity index (χ0v) is 15.6. The quantitative estimate of drug-likeness (QED) is 0.570. The van der Waals surface area contributed by atoms with Crippen molar-refractivity contribution < 1.29 is 14.3 Å². The van der Waals surface area contributed by atoms with Gasteiger partial charge in [0.25, 0.3) is 0 Å². The highest BCUT2D eigenvalue weighted by Crippen LogP contribution is 2.38. The SMILES string of the molecule is Cc1ccc(C(=O)CC(c2ccc(C)cc2)c2ccc3c(c2)OCO3)cc1. The van der Waals surface area contributed by atoms with Gasteiger partial charge in [-0.25, -0.2) is 0 Å². The third-order valence-electron chi connectivity index (χ3n) is 5.04. The van der Waals surface area contributed by atoms with E-state index in [9.17, 15) is 4.79 Å². The summed E-state index contributed by atoms with van der Waals surface area (Å²) in [5.74, 6) is 1.60. The smallest absolute Gasteiger partial charge is 0.231 e. The highest BCUT2D eigenvalue weighted by atomic mass is 16.7. The van der Waals surface area contributed by atoms with Crippen molar-refractivity contribution in [3.63, 3.8) is 0 Å². The number of carbonyl (C=O) groups excluding carboxylic acids is 1. The molecule has 3 nitrogen and oxygen atoms in total. The van der Waals surface area contributed by atoms with Gasteiger partial charge in [0, 0.05) is 17.9 Å². The van der Waals surface area contributed by atoms with E-state index in [-0.39, 0.29) is 18.5 Å². The van der Waals surface area contributed by atoms with E-state index in [2.05, 4.69) is 31.2 Å². The van der Waals surface area contributed by atoms with Gasteiger partial charge in [0.15, 0.2) is 17.3 Å². The molecule has 3 heteroatoms. The van der Waals surface area contributed by atoms with Crippen molar-refractivity contribution in [2.24, 2.45) is 0 Å². The monoisotopic (exact) mass is 358 g/mol. The van der Waals surface area contributed by atoms with Crippen LogP contribution in [0.5, 0.6) is 11.5 Å². The molecule has 4 rings (SSSR count). The molecule has 0 amide bonds. The van der Waals surface area contributed by atoms with E-state index in [0.29, 0.717) is 6.42 Å². The molecule has 3 aromatic carbocycles. The van der Waals surface area contributed by atoms with Gasteiger partial charge in [-0.2, -0.15) is 0 Å². The zero-order valence-electron chi connectivity index (χ0n) is 15.6. The summed E-state index contributed by atoms with van der Waals surface area (Å²) in [7, 11) is 0. The Labute approximate surface area is 159 Å². The summed E-state index contributed by atoms with van der Waals surface area (Å²) in [4.78, 5) is 13.0. The van der Waals surface area contributed by atoms with Crippen LogP contribution in [0.2, 0.25) is 0 Å². The summed E-state index contributed by atoms with van der Waals surface area (Å²) in [5.41, 5.74) is 5.28. The molecule has 27 heavy (non-hydrogen) atoms. The van der Waals surface area contributed by atoms with E-state index in [0.717, 1.165) is 33.8 Å². The fraction of sp³-hybridized carbons (Fsp3) is 0.208. The molecule has 1 aliphatic heterocycles. The number of Topliss-reactive ketones (excluding diaryl/α,β-unsaturated/α-hetero) is 1. The van der Waals surface area contributed by atoms with Gasteiger partial charge >= 0.3 is 0 Å². The molecule has 0 saturated heterocycles. The first-order valence-corrected chi connectivity index (χ1v) is 9.16. The average molecular weight is 358 g/mol. The first-order valence-electron chi connectivity index (χ1n) is 9.16. The van der Waals surface area contributed by atoms with Crippen LogP contribution in [0.15, 0.2) is 66.7 Å². The summed E-state index contributed by atoms with van der Waals surface area (Å²) in [6, 6.07) is 22.1. The van der Waals surface area contributed by atoms with Crippen molar-refractivity contribution >= 4 is 5.78 Å². The molecule has 0 radical (unpaired) electrons. The molecule has 0 spiro atoms. The minimum Gasteiger partial charge on any atom is -0.454 e. The van der Waals surface area contributed by atoms with Crippen LogP contribution in [-0.2, 0) is 0 Å². The molecule has 0 aliphatic carbocycles. The molecule has 3 aromatic rings. The Bertz CT molecular complexity index is 956.